The molecule has 9 nitrogen and oxygen atoms in total. The Morgan fingerprint density at radius 1 is 1.00 bits per heavy atom. The molecule has 10 heteroatoms. The summed E-state index contributed by atoms with van der Waals surface area (Å²) in [7, 11) is 0. The van der Waals surface area contributed by atoms with Gasteiger partial charge in [-0.25, -0.2) is 4.79 Å². The number of nitrogens with one attached hydrogen (secondary N) is 2. The van der Waals surface area contributed by atoms with Crippen molar-refractivity contribution in [3.05, 3.63) is 65.9 Å². The largest absolute Gasteiger partial charge is 0.467 e. The lowest BCUT2D eigenvalue weighted by atomic mass is 10.1. The van der Waals surface area contributed by atoms with Crippen molar-refractivity contribution in [3.8, 4) is 0 Å². The highest BCUT2D eigenvalue weighted by atomic mass is 32.2. The van der Waals surface area contributed by atoms with Crippen molar-refractivity contribution in [1.82, 2.24) is 30.3 Å². The number of nitrogens with zero attached hydrogens (tertiary/aromatic N) is 4. The van der Waals surface area contributed by atoms with Gasteiger partial charge in [0.05, 0.1) is 31.7 Å². The summed E-state index contributed by atoms with van der Waals surface area (Å²) in [4.78, 5) is 26.7. The first-order valence-electron chi connectivity index (χ1n) is 11.1. The number of thioether (sulfide) groups is 1. The second-order valence-electron chi connectivity index (χ2n) is 7.91. The first-order valence-corrected chi connectivity index (χ1v) is 12.1. The summed E-state index contributed by atoms with van der Waals surface area (Å²) >= 11 is 1.28. The minimum absolute atomic E-state index is 0.0603. The van der Waals surface area contributed by atoms with E-state index in [4.69, 9.17) is 4.42 Å². The van der Waals surface area contributed by atoms with Gasteiger partial charge in [-0.15, -0.1) is 10.2 Å². The van der Waals surface area contributed by atoms with Crippen molar-refractivity contribution in [3.63, 3.8) is 0 Å². The number of piperidine rings is 1. The van der Waals surface area contributed by atoms with Crippen molar-refractivity contribution in [1.29, 1.82) is 0 Å². The van der Waals surface area contributed by atoms with Crippen molar-refractivity contribution in [2.45, 2.75) is 44.1 Å². The summed E-state index contributed by atoms with van der Waals surface area (Å²) in [6, 6.07) is 13.1. The molecule has 174 valence electrons. The maximum absolute atomic E-state index is 12.3. The number of furan rings is 1. The molecule has 0 saturated carbocycles. The third-order valence-electron chi connectivity index (χ3n) is 5.38. The molecule has 1 aromatic carbocycles. The summed E-state index contributed by atoms with van der Waals surface area (Å²) in [5, 5.41) is 14.4. The van der Waals surface area contributed by atoms with E-state index < -0.39 is 11.9 Å². The summed E-state index contributed by atoms with van der Waals surface area (Å²) in [5.41, 5.74) is 1.14. The van der Waals surface area contributed by atoms with E-state index in [1.807, 2.05) is 18.2 Å². The van der Waals surface area contributed by atoms with Gasteiger partial charge in [0.25, 0.3) is 0 Å². The van der Waals surface area contributed by atoms with Crippen LogP contribution in [0, 0.1) is 0 Å². The molecule has 2 N–H and O–H groups in total. The molecule has 0 aliphatic carbocycles. The number of urea groups is 1. The average molecular weight is 469 g/mol. The van der Waals surface area contributed by atoms with Crippen molar-refractivity contribution in [2.24, 2.45) is 0 Å². The summed E-state index contributed by atoms with van der Waals surface area (Å²) in [6.07, 6.45) is 5.22. The smallest absolute Gasteiger partial charge is 0.321 e. The highest BCUT2D eigenvalue weighted by Gasteiger charge is 2.19. The molecule has 0 bridgehead atoms. The number of hydrogen-bond acceptors (Lipinski definition) is 7. The number of rotatable bonds is 9. The van der Waals surface area contributed by atoms with Crippen LogP contribution in [-0.4, -0.2) is 50.4 Å². The Morgan fingerprint density at radius 3 is 2.58 bits per heavy atom. The number of likely N-dealkylation sites (tertiary alicyclic amines) is 1. The van der Waals surface area contributed by atoms with Crippen molar-refractivity contribution < 1.29 is 14.0 Å². The van der Waals surface area contributed by atoms with E-state index in [2.05, 4.69) is 42.4 Å². The average Bonchev–Trinajstić information content (AvgIpc) is 3.48. The second kappa shape index (κ2) is 11.7. The maximum atomic E-state index is 12.3. The lowest BCUT2D eigenvalue weighted by molar-refractivity contribution is -0.117. The molecule has 1 aliphatic heterocycles. The number of aromatic nitrogens is 3. The van der Waals surface area contributed by atoms with Gasteiger partial charge in [0.1, 0.15) is 11.6 Å². The van der Waals surface area contributed by atoms with E-state index in [1.165, 1.54) is 37.3 Å². The molecule has 1 fully saturated rings. The zero-order chi connectivity index (χ0) is 22.9. The zero-order valence-electron chi connectivity index (χ0n) is 18.4. The molecule has 3 aromatic rings. The van der Waals surface area contributed by atoms with Crippen LogP contribution in [0.4, 0.5) is 4.79 Å². The van der Waals surface area contributed by atoms with E-state index in [0.29, 0.717) is 17.5 Å². The fourth-order valence-corrected chi connectivity index (χ4v) is 4.46. The van der Waals surface area contributed by atoms with Crippen LogP contribution < -0.4 is 10.6 Å². The molecule has 2 aromatic heterocycles. The Balaban J connectivity index is 1.36. The predicted octanol–water partition coefficient (Wildman–Crippen LogP) is 3.02. The van der Waals surface area contributed by atoms with Crippen molar-refractivity contribution >= 4 is 23.7 Å². The molecule has 0 radical (unpaired) electrons. The van der Waals surface area contributed by atoms with Crippen LogP contribution in [0.25, 0.3) is 0 Å². The van der Waals surface area contributed by atoms with Gasteiger partial charge >= 0.3 is 6.03 Å². The fourth-order valence-electron chi connectivity index (χ4n) is 3.70. The Bertz CT molecular complexity index is 1030. The lowest BCUT2D eigenvalue weighted by Gasteiger charge is -2.26. The number of benzene rings is 1. The van der Waals surface area contributed by atoms with Gasteiger partial charge < -0.3 is 14.3 Å². The van der Waals surface area contributed by atoms with Crippen LogP contribution in [0.15, 0.2) is 58.3 Å². The van der Waals surface area contributed by atoms with Gasteiger partial charge in [-0.3, -0.25) is 15.0 Å². The molecule has 3 amide bonds. The Hall–Kier alpha value is -3.11. The number of carbonyl (C=O) groups is 2. The highest BCUT2D eigenvalue weighted by molar-refractivity contribution is 7.99. The molecule has 3 heterocycles. The van der Waals surface area contributed by atoms with E-state index in [-0.39, 0.29) is 12.3 Å². The fraction of sp³-hybridized carbons (Fsp3) is 0.391. The lowest BCUT2D eigenvalue weighted by Crippen LogP contribution is -2.39. The van der Waals surface area contributed by atoms with E-state index in [9.17, 15) is 9.59 Å². The number of hydrogen-bond donors (Lipinski definition) is 2. The molecule has 0 atom stereocenters. The molecular weight excluding hydrogens is 440 g/mol. The Labute approximate surface area is 196 Å². The Morgan fingerprint density at radius 2 is 1.82 bits per heavy atom. The highest BCUT2D eigenvalue weighted by Crippen LogP contribution is 2.21. The molecule has 0 unspecified atom stereocenters. The topological polar surface area (TPSA) is 105 Å². The quantitative estimate of drug-likeness (QED) is 0.465. The normalized spacial score (nSPS) is 14.2. The summed E-state index contributed by atoms with van der Waals surface area (Å²) in [6.45, 7) is 3.71. The van der Waals surface area contributed by atoms with Gasteiger partial charge in [-0.2, -0.15) is 0 Å². The van der Waals surface area contributed by atoms with Gasteiger partial charge in [-0.1, -0.05) is 48.5 Å². The second-order valence-corrected chi connectivity index (χ2v) is 8.85. The monoisotopic (exact) mass is 468 g/mol. The van der Waals surface area contributed by atoms with E-state index in [0.717, 1.165) is 31.0 Å². The summed E-state index contributed by atoms with van der Waals surface area (Å²) < 4.78 is 7.23. The minimum Gasteiger partial charge on any atom is -0.467 e. The van der Waals surface area contributed by atoms with Gasteiger partial charge in [-0.05, 0) is 43.6 Å². The van der Waals surface area contributed by atoms with E-state index >= 15 is 0 Å². The standard InChI is InChI=1S/C23H28N6O3S/c30-21(25-22(31)24-14-19-10-7-13-32-19)17-33-23-27-26-20(16-28-11-5-2-6-12-28)29(23)15-18-8-3-1-4-9-18/h1,3-4,7-10,13H,2,5-6,11-12,14-17H2,(H2,24,25,30,31). The van der Waals surface area contributed by atoms with Crippen molar-refractivity contribution in [2.75, 3.05) is 18.8 Å². The van der Waals surface area contributed by atoms with Crippen LogP contribution in [0.1, 0.15) is 36.4 Å². The predicted molar refractivity (Wildman–Crippen MR) is 125 cm³/mol. The minimum atomic E-state index is -0.562. The SMILES string of the molecule is O=C(CSc1nnc(CN2CCCCC2)n1Cc1ccccc1)NC(=O)NCc1ccco1. The van der Waals surface area contributed by atoms with Gasteiger partial charge in [0.15, 0.2) is 5.16 Å². The molecule has 4 rings (SSSR count). The third kappa shape index (κ3) is 6.93. The molecule has 1 aliphatic rings. The van der Waals surface area contributed by atoms with Crippen LogP contribution in [0.5, 0.6) is 0 Å². The maximum Gasteiger partial charge on any atom is 0.321 e. The van der Waals surface area contributed by atoms with E-state index in [1.54, 1.807) is 12.1 Å². The number of amides is 3. The van der Waals surface area contributed by atoms with Crippen LogP contribution in [0.3, 0.4) is 0 Å². The molecule has 1 saturated heterocycles. The first-order chi connectivity index (χ1) is 16.2. The van der Waals surface area contributed by atoms with Gasteiger partial charge in [0.2, 0.25) is 5.91 Å². The third-order valence-corrected chi connectivity index (χ3v) is 6.35. The molecular formula is C23H28N6O3S. The first kappa shape index (κ1) is 23.1. The number of imide groups is 1. The van der Waals surface area contributed by atoms with Crippen LogP contribution >= 0.6 is 11.8 Å². The molecule has 0 spiro atoms. The van der Waals surface area contributed by atoms with Crippen LogP contribution in [-0.2, 0) is 24.4 Å². The van der Waals surface area contributed by atoms with Crippen LogP contribution in [0.2, 0.25) is 0 Å². The summed E-state index contributed by atoms with van der Waals surface area (Å²) in [5.74, 6) is 1.16. The Kier molecular flexibility index (Phi) is 8.15. The van der Waals surface area contributed by atoms with Gasteiger partial charge in [0, 0.05) is 0 Å². The molecule has 33 heavy (non-hydrogen) atoms. The number of carbonyl (C=O) groups excluding carboxylic acids is 2. The zero-order valence-corrected chi connectivity index (χ0v) is 19.2.